The minimum absolute atomic E-state index is 0.00504. The van der Waals surface area contributed by atoms with Crippen molar-refractivity contribution in [3.63, 3.8) is 0 Å². The van der Waals surface area contributed by atoms with E-state index in [0.29, 0.717) is 33.0 Å². The van der Waals surface area contributed by atoms with Crippen LogP contribution in [0, 0.1) is 0 Å². The number of nitrogens with zero attached hydrogens (tertiary/aromatic N) is 3. The molecule has 10 atom stereocenters. The molecule has 450 valence electrons. The largest absolute Gasteiger partial charge is 0.478 e. The number of carbonyl (C=O) groups excluding carboxylic acids is 5. The Morgan fingerprint density at radius 2 is 1.01 bits per heavy atom. The van der Waals surface area contributed by atoms with Gasteiger partial charge in [0, 0.05) is 59.5 Å². The number of ether oxygens (including phenoxy) is 8. The van der Waals surface area contributed by atoms with Crippen LogP contribution in [0.3, 0.4) is 0 Å². The maximum atomic E-state index is 13.5. The Balaban J connectivity index is 2.08. The molecule has 79 heavy (non-hydrogen) atoms. The Morgan fingerprint density at radius 1 is 0.608 bits per heavy atom. The number of aliphatic carboxylic acids is 2. The average Bonchev–Trinajstić information content (AvgIpc) is 3.44. The molecule has 0 saturated carbocycles. The Kier molecular flexibility index (Phi) is 33.2. The number of hydrogen-bond donors (Lipinski definition) is 14. The molecule has 0 spiro atoms. The summed E-state index contributed by atoms with van der Waals surface area (Å²) in [5, 5.41) is 71.1. The maximum Gasteiger partial charge on any atom is 0.370 e. The number of hydrogen-bond acceptors (Lipinski definition) is 21. The van der Waals surface area contributed by atoms with Crippen molar-refractivity contribution in [2.75, 3.05) is 105 Å². The first-order valence-corrected chi connectivity index (χ1v) is 25.5. The van der Waals surface area contributed by atoms with Gasteiger partial charge in [0.2, 0.25) is 41.1 Å². The van der Waals surface area contributed by atoms with Gasteiger partial charge in [-0.15, -0.1) is 0 Å². The predicted octanol–water partition coefficient (Wildman–Crippen LogP) is -6.41. The highest BCUT2D eigenvalue weighted by molar-refractivity contribution is 5.86. The number of aliphatic hydroxyl groups is 4. The van der Waals surface area contributed by atoms with Gasteiger partial charge in [0.05, 0.1) is 103 Å². The molecule has 0 radical (unpaired) electrons. The topological polar surface area (TPSA) is 495 Å². The van der Waals surface area contributed by atoms with Crippen LogP contribution in [0.4, 0.5) is 0 Å². The van der Waals surface area contributed by atoms with E-state index in [1.807, 2.05) is 6.92 Å². The molecule has 0 fully saturated rings. The van der Waals surface area contributed by atoms with Crippen molar-refractivity contribution < 1.29 is 102 Å². The molecule has 2 aliphatic rings. The maximum absolute atomic E-state index is 13.5. The molecule has 32 nitrogen and oxygen atoms in total. The molecule has 18 N–H and O–H groups in total. The van der Waals surface area contributed by atoms with Crippen LogP contribution >= 0.6 is 0 Å². The summed E-state index contributed by atoms with van der Waals surface area (Å²) in [7, 11) is 0. The molecule has 0 aromatic rings. The average molecular weight is 1140 g/mol. The molecule has 2 rings (SSSR count). The number of amides is 5. The monoisotopic (exact) mass is 1140 g/mol. The van der Waals surface area contributed by atoms with Gasteiger partial charge in [-0.2, -0.15) is 0 Å². The molecule has 5 amide bonds. The molecule has 0 bridgehead atoms. The normalized spacial score (nSPS) is 20.2. The Labute approximate surface area is 456 Å². The van der Waals surface area contributed by atoms with Gasteiger partial charge in [0.15, 0.2) is 24.1 Å². The summed E-state index contributed by atoms with van der Waals surface area (Å²) in [6.07, 6.45) is -6.60. The van der Waals surface area contributed by atoms with Gasteiger partial charge in [0.1, 0.15) is 24.4 Å². The fourth-order valence-electron chi connectivity index (χ4n) is 7.85. The smallest absolute Gasteiger partial charge is 0.370 e. The first kappa shape index (κ1) is 68.6. The van der Waals surface area contributed by atoms with Crippen LogP contribution in [0.25, 0.3) is 0 Å². The van der Waals surface area contributed by atoms with E-state index in [4.69, 9.17) is 60.8 Å². The van der Waals surface area contributed by atoms with Gasteiger partial charge in [-0.3, -0.25) is 24.0 Å². The minimum Gasteiger partial charge on any atom is -0.478 e. The third-order valence-electron chi connectivity index (χ3n) is 11.3. The summed E-state index contributed by atoms with van der Waals surface area (Å²) < 4.78 is 44.7. The number of aliphatic imine (C=N–C) groups is 2. The molecular weight excluding hydrogens is 1050 g/mol. The van der Waals surface area contributed by atoms with E-state index in [2.05, 4.69) is 31.3 Å². The van der Waals surface area contributed by atoms with E-state index < -0.39 is 139 Å². The first-order valence-electron chi connectivity index (χ1n) is 25.5. The quantitative estimate of drug-likeness (QED) is 0.0154. The Hall–Kier alpha value is -6.49. The standard InChI is InChI=1S/C47H81N11O21/c1-4-13-72-17-19-74-21-22-75-20-18-73-14-8-37(67)58(12-7-36(66)53-10-16-77-41(32(64)26-60)43-39(55-28(3)62)30(57-47(50)51)24-34(79-43)45(70)71)11-5-6-35(65)52-9-15-76-40(31(63)25-59)42-38(54-27(2)61)29(56-46(48)49)23-33(78-42)44(68)69/h23-24,29-32,38-43,59-60,63-64H,4-22,25-26H2,1-3H3,(H,52,65)(H,53,66)(H,54,61)(H,55,62)(H,68,69)(H,70,71)(H4,48,49,56)(H4,50,51,57)/t29-,30-,31+,32+,38+,39+,40+,41+,42+,43+/m0/s1. The lowest BCUT2D eigenvalue weighted by Crippen LogP contribution is -2.60. The number of nitrogens with one attached hydrogen (secondary N) is 4. The van der Waals surface area contributed by atoms with Crippen molar-refractivity contribution in [2.24, 2.45) is 32.9 Å². The van der Waals surface area contributed by atoms with Crippen molar-refractivity contribution in [2.45, 2.75) is 114 Å². The fourth-order valence-corrected chi connectivity index (χ4v) is 7.85. The minimum atomic E-state index is -1.69. The molecule has 0 saturated heterocycles. The highest BCUT2D eigenvalue weighted by Gasteiger charge is 2.46. The van der Waals surface area contributed by atoms with E-state index in [1.165, 1.54) is 11.8 Å². The third kappa shape index (κ3) is 26.8. The number of rotatable bonds is 41. The summed E-state index contributed by atoms with van der Waals surface area (Å²) in [5.74, 6) is -7.84. The lowest BCUT2D eigenvalue weighted by atomic mass is 9.92. The van der Waals surface area contributed by atoms with Gasteiger partial charge >= 0.3 is 11.9 Å². The van der Waals surface area contributed by atoms with Crippen LogP contribution < -0.4 is 44.2 Å². The van der Waals surface area contributed by atoms with Gasteiger partial charge in [-0.1, -0.05) is 6.92 Å². The molecular formula is C47H81N11O21. The zero-order valence-electron chi connectivity index (χ0n) is 44.7. The van der Waals surface area contributed by atoms with Crippen molar-refractivity contribution in [3.05, 3.63) is 23.7 Å². The molecule has 32 heteroatoms. The summed E-state index contributed by atoms with van der Waals surface area (Å²) in [6, 6.07) is -4.77. The number of nitrogens with two attached hydrogens (primary N) is 4. The molecule has 2 aliphatic heterocycles. The molecule has 0 aromatic heterocycles. The SMILES string of the molecule is CCCOCCOCCOCCOCCC(=O)N(CCCC(=O)NCCO[C@@H]([C@@H]1OC(C(=O)O)=C[C@H](N=C(N)N)[C@H]1NC(C)=O)[C@H](O)CO)CCC(=O)NCCO[C@@H]([C@@H]1OC(C(=O)O)=C[C@H](N=C(N)N)[C@H]1NC(C)=O)[C@H](O)CO. The molecule has 0 aliphatic carbocycles. The van der Waals surface area contributed by atoms with Crippen LogP contribution in [-0.4, -0.2) is 255 Å². The number of carboxylic acids is 2. The van der Waals surface area contributed by atoms with Gasteiger partial charge < -0.3 is 118 Å². The van der Waals surface area contributed by atoms with Crippen molar-refractivity contribution in [1.82, 2.24) is 26.2 Å². The first-order chi connectivity index (χ1) is 37.6. The number of carboxylic acid groups (broad SMARTS) is 2. The van der Waals surface area contributed by atoms with Crippen molar-refractivity contribution in [1.29, 1.82) is 0 Å². The summed E-state index contributed by atoms with van der Waals surface area (Å²) in [5.41, 5.74) is 22.2. The van der Waals surface area contributed by atoms with Crippen LogP contribution in [0.5, 0.6) is 0 Å². The lowest BCUT2D eigenvalue weighted by molar-refractivity contribution is -0.154. The van der Waals surface area contributed by atoms with E-state index in [0.717, 1.165) is 25.5 Å². The number of aliphatic hydroxyl groups excluding tert-OH is 4. The molecule has 0 aromatic carbocycles. The van der Waals surface area contributed by atoms with Gasteiger partial charge in [-0.25, -0.2) is 19.6 Å². The van der Waals surface area contributed by atoms with E-state index in [-0.39, 0.29) is 84.9 Å². The summed E-state index contributed by atoms with van der Waals surface area (Å²) in [4.78, 5) is 97.2. The van der Waals surface area contributed by atoms with Crippen LogP contribution in [0.1, 0.15) is 52.9 Å². The second-order valence-corrected chi connectivity index (χ2v) is 17.7. The molecule has 2 heterocycles. The fraction of sp³-hybridized carbons (Fsp3) is 0.723. The predicted molar refractivity (Wildman–Crippen MR) is 276 cm³/mol. The second-order valence-electron chi connectivity index (χ2n) is 17.7. The second kappa shape index (κ2) is 38.2. The van der Waals surface area contributed by atoms with E-state index >= 15 is 0 Å². The van der Waals surface area contributed by atoms with Gasteiger partial charge in [0.25, 0.3) is 0 Å². The van der Waals surface area contributed by atoms with Crippen LogP contribution in [0.15, 0.2) is 33.7 Å². The van der Waals surface area contributed by atoms with Crippen LogP contribution in [-0.2, 0) is 71.5 Å². The van der Waals surface area contributed by atoms with E-state index in [9.17, 15) is 64.2 Å². The number of carbonyl (C=O) groups is 7. The third-order valence-corrected chi connectivity index (χ3v) is 11.3. The Morgan fingerprint density at radius 3 is 1.39 bits per heavy atom. The number of guanidine groups is 2. The zero-order chi connectivity index (χ0) is 58.9. The van der Waals surface area contributed by atoms with Crippen molar-refractivity contribution >= 4 is 53.4 Å². The summed E-state index contributed by atoms with van der Waals surface area (Å²) in [6.45, 7) is 4.15. The lowest BCUT2D eigenvalue weighted by Gasteiger charge is -2.40. The zero-order valence-corrected chi connectivity index (χ0v) is 44.7. The van der Waals surface area contributed by atoms with Crippen molar-refractivity contribution in [3.8, 4) is 0 Å². The van der Waals surface area contributed by atoms with E-state index in [1.54, 1.807) is 0 Å². The summed E-state index contributed by atoms with van der Waals surface area (Å²) >= 11 is 0. The highest BCUT2D eigenvalue weighted by Crippen LogP contribution is 2.28. The molecule has 0 unspecified atom stereocenters. The highest BCUT2D eigenvalue weighted by atomic mass is 16.6. The van der Waals surface area contributed by atoms with Gasteiger partial charge in [-0.05, 0) is 25.0 Å². The Bertz CT molecular complexity index is 2040. The van der Waals surface area contributed by atoms with Crippen LogP contribution in [0.2, 0.25) is 0 Å².